The maximum absolute atomic E-state index is 13.1. The van der Waals surface area contributed by atoms with Crippen molar-refractivity contribution in [3.05, 3.63) is 48.5 Å². The molecule has 2 saturated heterocycles. The third-order valence-corrected chi connectivity index (χ3v) is 6.71. The second-order valence-corrected chi connectivity index (χ2v) is 9.97. The molecule has 0 atom stereocenters. The van der Waals surface area contributed by atoms with E-state index in [0.29, 0.717) is 22.9 Å². The van der Waals surface area contributed by atoms with Gasteiger partial charge < -0.3 is 42.2 Å². The molecule has 0 saturated carbocycles. The predicted molar refractivity (Wildman–Crippen MR) is 163 cm³/mol. The minimum atomic E-state index is -2.63. The van der Waals surface area contributed by atoms with E-state index in [0.717, 1.165) is 0 Å². The molecule has 16 heteroatoms. The van der Waals surface area contributed by atoms with Gasteiger partial charge >= 0.3 is 0 Å². The number of likely N-dealkylation sites (tertiary alicyclic amines) is 2. The van der Waals surface area contributed by atoms with Gasteiger partial charge in [0, 0.05) is 57.9 Å². The Hall–Kier alpha value is -4.76. The van der Waals surface area contributed by atoms with Gasteiger partial charge in [0.15, 0.2) is 11.9 Å². The molecule has 2 aliphatic rings. The van der Waals surface area contributed by atoms with Crippen molar-refractivity contribution >= 4 is 35.2 Å². The zero-order valence-electron chi connectivity index (χ0n) is 24.6. The molecule has 2 aromatic rings. The molecule has 0 spiro atoms. The first-order chi connectivity index (χ1) is 20.8. The van der Waals surface area contributed by atoms with Gasteiger partial charge in [-0.3, -0.25) is 0 Å². The van der Waals surface area contributed by atoms with Gasteiger partial charge in [-0.25, -0.2) is 27.5 Å². The van der Waals surface area contributed by atoms with Crippen LogP contribution in [0.2, 0.25) is 0 Å². The Morgan fingerprint density at radius 2 is 1.07 bits per heavy atom. The monoisotopic (exact) mass is 622 g/mol. The highest BCUT2D eigenvalue weighted by Crippen LogP contribution is 2.28. The van der Waals surface area contributed by atoms with Gasteiger partial charge in [0.05, 0.1) is 25.6 Å². The summed E-state index contributed by atoms with van der Waals surface area (Å²) >= 11 is 0. The number of guanidine groups is 4. The second-order valence-electron chi connectivity index (χ2n) is 9.97. The molecular formula is C28H38F4N10O2. The number of benzene rings is 2. The Morgan fingerprint density at radius 1 is 0.636 bits per heavy atom. The molecule has 12 nitrogen and oxygen atoms in total. The van der Waals surface area contributed by atoms with E-state index in [-0.39, 0.29) is 75.7 Å². The van der Waals surface area contributed by atoms with E-state index in [1.54, 1.807) is 72.6 Å². The van der Waals surface area contributed by atoms with Crippen molar-refractivity contribution in [1.29, 1.82) is 0 Å². The number of nitrogens with two attached hydrogens (primary N) is 4. The van der Waals surface area contributed by atoms with E-state index in [4.69, 9.17) is 32.4 Å². The molecule has 2 heterocycles. The molecule has 0 unspecified atom stereocenters. The molecule has 44 heavy (non-hydrogen) atoms. The highest BCUT2D eigenvalue weighted by molar-refractivity contribution is 5.95. The van der Waals surface area contributed by atoms with E-state index in [1.165, 1.54) is 0 Å². The van der Waals surface area contributed by atoms with E-state index in [9.17, 15) is 17.6 Å². The van der Waals surface area contributed by atoms with Crippen LogP contribution in [-0.2, 0) is 0 Å². The van der Waals surface area contributed by atoms with Gasteiger partial charge in [-0.2, -0.15) is 9.98 Å². The van der Waals surface area contributed by atoms with Gasteiger partial charge in [-0.1, -0.05) is 6.07 Å². The summed E-state index contributed by atoms with van der Waals surface area (Å²) in [6, 6.07) is 13.9. The number of methoxy groups -OCH3 is 2. The molecule has 4 rings (SSSR count). The summed E-state index contributed by atoms with van der Waals surface area (Å²) in [6.45, 7) is 0.597. The van der Waals surface area contributed by atoms with Crippen LogP contribution in [0.5, 0.6) is 11.5 Å². The van der Waals surface area contributed by atoms with Crippen molar-refractivity contribution < 1.29 is 27.0 Å². The Labute approximate surface area is 253 Å². The second kappa shape index (κ2) is 15.1. The van der Waals surface area contributed by atoms with Crippen LogP contribution >= 0.6 is 0 Å². The molecule has 8 N–H and O–H groups in total. The van der Waals surface area contributed by atoms with Crippen molar-refractivity contribution in [2.45, 2.75) is 37.5 Å². The summed E-state index contributed by atoms with van der Waals surface area (Å²) in [5.41, 5.74) is 24.2. The quantitative estimate of drug-likeness (QED) is 0.228. The van der Waals surface area contributed by atoms with Crippen LogP contribution in [0, 0.1) is 0 Å². The molecule has 0 aromatic heterocycles. The SMILES string of the molecule is COc1ccc(N=C(N)N=C(N)N2CCC(F)(F)CC2)cc1.COc1cccc(N=C(N)N=C(N)N2CCC(F)(F)CC2)c1. The number of ether oxygens (including phenoxy) is 2. The van der Waals surface area contributed by atoms with Gasteiger partial charge in [-0.15, -0.1) is 0 Å². The predicted octanol–water partition coefficient (Wildman–Crippen LogP) is 3.37. The van der Waals surface area contributed by atoms with Crippen LogP contribution < -0.4 is 32.4 Å². The third kappa shape index (κ3) is 10.8. The topological polar surface area (TPSA) is 178 Å². The van der Waals surface area contributed by atoms with Crippen LogP contribution in [0.3, 0.4) is 0 Å². The Bertz CT molecular complexity index is 1350. The maximum atomic E-state index is 13.1. The van der Waals surface area contributed by atoms with Crippen LogP contribution in [0.4, 0.5) is 28.9 Å². The summed E-state index contributed by atoms with van der Waals surface area (Å²) in [5, 5.41) is 0. The molecule has 0 aliphatic carbocycles. The number of alkyl halides is 4. The number of nitrogens with zero attached hydrogens (tertiary/aromatic N) is 6. The highest BCUT2D eigenvalue weighted by atomic mass is 19.3. The Balaban J connectivity index is 0.000000240. The van der Waals surface area contributed by atoms with E-state index >= 15 is 0 Å². The summed E-state index contributed by atoms with van der Waals surface area (Å²) < 4.78 is 62.5. The lowest BCUT2D eigenvalue weighted by molar-refractivity contribution is -0.0442. The number of hydrogen-bond acceptors (Lipinski definition) is 4. The van der Waals surface area contributed by atoms with Gasteiger partial charge in [0.2, 0.25) is 11.9 Å². The molecule has 0 bridgehead atoms. The van der Waals surface area contributed by atoms with Gasteiger partial charge in [0.25, 0.3) is 11.8 Å². The fraction of sp³-hybridized carbons (Fsp3) is 0.429. The maximum Gasteiger partial charge on any atom is 0.251 e. The fourth-order valence-corrected chi connectivity index (χ4v) is 4.15. The number of aliphatic imine (C=N–C) groups is 4. The van der Waals surface area contributed by atoms with Crippen molar-refractivity contribution in [2.75, 3.05) is 40.4 Å². The molecule has 2 fully saturated rings. The first kappa shape index (κ1) is 33.7. The number of halogens is 4. The van der Waals surface area contributed by atoms with Crippen molar-refractivity contribution in [3.63, 3.8) is 0 Å². The lowest BCUT2D eigenvalue weighted by Gasteiger charge is -2.32. The van der Waals surface area contributed by atoms with E-state index in [1.807, 2.05) is 0 Å². The third-order valence-electron chi connectivity index (χ3n) is 6.71. The molecular weight excluding hydrogens is 584 g/mol. The minimum Gasteiger partial charge on any atom is -0.497 e. The molecule has 240 valence electrons. The standard InChI is InChI=1S/2C14H19F2N5O/c1-22-11-4-2-10(3-5-11)19-12(17)20-13(18)21-8-6-14(15,16)7-9-21;1-22-11-4-2-3-10(9-11)19-12(17)20-13(18)21-7-5-14(15,16)6-8-21/h2-5H,6-9H2,1H3,(H4,17,18,19,20);2-4,9H,5-8H2,1H3,(H4,17,18,19,20). The lowest BCUT2D eigenvalue weighted by atomic mass is 10.1. The van der Waals surface area contributed by atoms with Crippen molar-refractivity contribution in [2.24, 2.45) is 42.9 Å². The van der Waals surface area contributed by atoms with Crippen LogP contribution in [0.25, 0.3) is 0 Å². The summed E-state index contributed by atoms with van der Waals surface area (Å²) in [5.74, 6) is -3.77. The molecule has 0 amide bonds. The van der Waals surface area contributed by atoms with Crippen molar-refractivity contribution in [3.8, 4) is 11.5 Å². The highest BCUT2D eigenvalue weighted by Gasteiger charge is 2.35. The summed E-state index contributed by atoms with van der Waals surface area (Å²) in [4.78, 5) is 19.3. The lowest BCUT2D eigenvalue weighted by Crippen LogP contribution is -2.46. The molecule has 2 aliphatic heterocycles. The largest absolute Gasteiger partial charge is 0.497 e. The molecule has 0 radical (unpaired) electrons. The minimum absolute atomic E-state index is 0.0278. The first-order valence-corrected chi connectivity index (χ1v) is 13.7. The zero-order valence-corrected chi connectivity index (χ0v) is 24.6. The van der Waals surface area contributed by atoms with E-state index < -0.39 is 11.8 Å². The Kier molecular flexibility index (Phi) is 11.6. The van der Waals surface area contributed by atoms with Gasteiger partial charge in [-0.05, 0) is 36.4 Å². The van der Waals surface area contributed by atoms with Gasteiger partial charge in [0.1, 0.15) is 11.5 Å². The Morgan fingerprint density at radius 3 is 1.50 bits per heavy atom. The average Bonchev–Trinajstić information content (AvgIpc) is 2.97. The number of hydrogen-bond donors (Lipinski definition) is 4. The smallest absolute Gasteiger partial charge is 0.251 e. The van der Waals surface area contributed by atoms with Crippen LogP contribution in [-0.4, -0.2) is 85.9 Å². The first-order valence-electron chi connectivity index (χ1n) is 13.7. The fourth-order valence-electron chi connectivity index (χ4n) is 4.15. The number of piperidine rings is 2. The van der Waals surface area contributed by atoms with Crippen molar-refractivity contribution in [1.82, 2.24) is 9.80 Å². The number of rotatable bonds is 4. The average molecular weight is 623 g/mol. The zero-order chi connectivity index (χ0) is 32.3. The summed E-state index contributed by atoms with van der Waals surface area (Å²) in [6.07, 6.45) is -0.955. The van der Waals surface area contributed by atoms with Crippen LogP contribution in [0.1, 0.15) is 25.7 Å². The normalized spacial score (nSPS) is 19.1. The molecule has 2 aromatic carbocycles. The van der Waals surface area contributed by atoms with E-state index in [2.05, 4.69) is 20.0 Å². The summed E-state index contributed by atoms with van der Waals surface area (Å²) in [7, 11) is 3.12. The van der Waals surface area contributed by atoms with Crippen LogP contribution in [0.15, 0.2) is 68.5 Å².